The fourth-order valence-corrected chi connectivity index (χ4v) is 3.46. The Kier molecular flexibility index (Phi) is 3.20. The molecule has 0 radical (unpaired) electrons. The van der Waals surface area contributed by atoms with Crippen LogP contribution in [0.2, 0.25) is 5.02 Å². The molecule has 2 heterocycles. The van der Waals surface area contributed by atoms with Gasteiger partial charge in [0.05, 0.1) is 22.1 Å². The Morgan fingerprint density at radius 3 is 2.95 bits per heavy atom. The third-order valence-corrected chi connectivity index (χ3v) is 4.73. The van der Waals surface area contributed by atoms with Gasteiger partial charge in [-0.05, 0) is 36.7 Å². The molecule has 0 aliphatic heterocycles. The Labute approximate surface area is 123 Å². The van der Waals surface area contributed by atoms with Crippen LogP contribution < -0.4 is 0 Å². The Hall–Kier alpha value is -1.17. The first-order valence-corrected chi connectivity index (χ1v) is 7.37. The number of rotatable bonds is 2. The van der Waals surface area contributed by atoms with Crippen LogP contribution in [0.4, 0.5) is 4.39 Å². The molecule has 0 aliphatic carbocycles. The van der Waals surface area contributed by atoms with Crippen molar-refractivity contribution in [2.75, 3.05) is 0 Å². The van der Waals surface area contributed by atoms with Crippen molar-refractivity contribution in [3.8, 4) is 0 Å². The van der Waals surface area contributed by atoms with Crippen LogP contribution >= 0.6 is 35.2 Å². The molecule has 2 aromatic heterocycles. The molecule has 3 rings (SSSR count). The van der Waals surface area contributed by atoms with Crippen molar-refractivity contribution < 1.29 is 4.39 Å². The highest BCUT2D eigenvalue weighted by molar-refractivity contribution is 7.71. The number of imidazole rings is 1. The molecule has 98 valence electrons. The first kappa shape index (κ1) is 12.8. The third-order valence-electron chi connectivity index (χ3n) is 3.10. The molecule has 3 aromatic rings. The molecule has 0 amide bonds. The summed E-state index contributed by atoms with van der Waals surface area (Å²) in [5.41, 5.74) is 1.48. The Morgan fingerprint density at radius 2 is 2.26 bits per heavy atom. The SMILES string of the molecule is CC(c1cccs1)n1c(=S)[nH]c2cc(F)c(Cl)cc21. The number of nitrogens with zero attached hydrogens (tertiary/aromatic N) is 1. The van der Waals surface area contributed by atoms with Gasteiger partial charge in [-0.15, -0.1) is 11.3 Å². The Balaban J connectivity index is 2.26. The third kappa shape index (κ3) is 2.12. The minimum absolute atomic E-state index is 0.0859. The summed E-state index contributed by atoms with van der Waals surface area (Å²) in [4.78, 5) is 4.21. The molecule has 0 fully saturated rings. The van der Waals surface area contributed by atoms with E-state index in [1.807, 2.05) is 16.0 Å². The van der Waals surface area contributed by atoms with Gasteiger partial charge >= 0.3 is 0 Å². The molecule has 1 aromatic carbocycles. The summed E-state index contributed by atoms with van der Waals surface area (Å²) in [6.07, 6.45) is 0. The highest BCUT2D eigenvalue weighted by Crippen LogP contribution is 2.29. The molecule has 0 bridgehead atoms. The summed E-state index contributed by atoms with van der Waals surface area (Å²) in [6.45, 7) is 2.06. The van der Waals surface area contributed by atoms with Crippen molar-refractivity contribution in [1.82, 2.24) is 9.55 Å². The number of aromatic amines is 1. The molecule has 19 heavy (non-hydrogen) atoms. The van der Waals surface area contributed by atoms with Gasteiger partial charge in [-0.25, -0.2) is 4.39 Å². The number of hydrogen-bond donors (Lipinski definition) is 1. The highest BCUT2D eigenvalue weighted by Gasteiger charge is 2.15. The van der Waals surface area contributed by atoms with Crippen LogP contribution in [0, 0.1) is 10.6 Å². The van der Waals surface area contributed by atoms with Gasteiger partial charge in [-0.1, -0.05) is 17.7 Å². The van der Waals surface area contributed by atoms with Crippen LogP contribution in [0.25, 0.3) is 11.0 Å². The lowest BCUT2D eigenvalue weighted by Gasteiger charge is -2.13. The van der Waals surface area contributed by atoms with E-state index >= 15 is 0 Å². The predicted octanol–water partition coefficient (Wildman–Crippen LogP) is 5.16. The van der Waals surface area contributed by atoms with Gasteiger partial charge in [0, 0.05) is 10.9 Å². The number of benzene rings is 1. The molecule has 0 spiro atoms. The Bertz CT molecular complexity index is 789. The van der Waals surface area contributed by atoms with E-state index in [1.54, 1.807) is 17.4 Å². The number of thiophene rings is 1. The molecule has 6 heteroatoms. The zero-order valence-corrected chi connectivity index (χ0v) is 12.4. The number of nitrogens with one attached hydrogen (secondary N) is 1. The summed E-state index contributed by atoms with van der Waals surface area (Å²) in [6, 6.07) is 7.14. The number of halogens is 2. The van der Waals surface area contributed by atoms with Crippen molar-refractivity contribution in [1.29, 1.82) is 0 Å². The quantitative estimate of drug-likeness (QED) is 0.648. The van der Waals surface area contributed by atoms with E-state index < -0.39 is 5.82 Å². The molecule has 1 N–H and O–H groups in total. The fourth-order valence-electron chi connectivity index (χ4n) is 2.16. The van der Waals surface area contributed by atoms with Crippen LogP contribution in [0.3, 0.4) is 0 Å². The average Bonchev–Trinajstić information content (AvgIpc) is 2.97. The fraction of sp³-hybridized carbons (Fsp3) is 0.154. The van der Waals surface area contributed by atoms with Crippen LogP contribution in [-0.4, -0.2) is 9.55 Å². The molecule has 1 atom stereocenters. The van der Waals surface area contributed by atoms with E-state index in [0.29, 0.717) is 10.3 Å². The van der Waals surface area contributed by atoms with E-state index in [-0.39, 0.29) is 11.1 Å². The topological polar surface area (TPSA) is 20.7 Å². The molecule has 1 unspecified atom stereocenters. The molecule has 0 saturated heterocycles. The summed E-state index contributed by atoms with van der Waals surface area (Å²) >= 11 is 12.9. The maximum atomic E-state index is 13.5. The van der Waals surface area contributed by atoms with E-state index in [0.717, 1.165) is 5.52 Å². The van der Waals surface area contributed by atoms with Gasteiger partial charge < -0.3 is 9.55 Å². The number of H-pyrrole nitrogens is 1. The van der Waals surface area contributed by atoms with Gasteiger partial charge in [0.2, 0.25) is 0 Å². The van der Waals surface area contributed by atoms with E-state index in [4.69, 9.17) is 23.8 Å². The van der Waals surface area contributed by atoms with Crippen molar-refractivity contribution >= 4 is 46.2 Å². The Morgan fingerprint density at radius 1 is 1.47 bits per heavy atom. The second-order valence-corrected chi connectivity index (χ2v) is 6.05. The van der Waals surface area contributed by atoms with Crippen LogP contribution in [0.15, 0.2) is 29.6 Å². The maximum Gasteiger partial charge on any atom is 0.178 e. The van der Waals surface area contributed by atoms with E-state index in [1.165, 1.54) is 10.9 Å². The van der Waals surface area contributed by atoms with Crippen molar-refractivity contribution in [3.63, 3.8) is 0 Å². The summed E-state index contributed by atoms with van der Waals surface area (Å²) in [5.74, 6) is -0.443. The van der Waals surface area contributed by atoms with Gasteiger partial charge in [0.1, 0.15) is 5.82 Å². The molecule has 0 aliphatic rings. The number of aromatic nitrogens is 2. The zero-order valence-electron chi connectivity index (χ0n) is 9.98. The largest absolute Gasteiger partial charge is 0.330 e. The summed E-state index contributed by atoms with van der Waals surface area (Å²) in [5, 5.41) is 2.13. The molecule has 0 saturated carbocycles. The van der Waals surface area contributed by atoms with Crippen LogP contribution in [0.5, 0.6) is 0 Å². The van der Waals surface area contributed by atoms with Crippen LogP contribution in [0.1, 0.15) is 17.8 Å². The standard InChI is InChI=1S/C13H10ClFN2S2/c1-7(12-3-2-4-19-12)17-11-5-8(14)9(15)6-10(11)16-13(17)18/h2-7H,1H3,(H,16,18). The normalized spacial score (nSPS) is 13.0. The minimum Gasteiger partial charge on any atom is -0.330 e. The zero-order chi connectivity index (χ0) is 13.6. The molecular formula is C13H10ClFN2S2. The van der Waals surface area contributed by atoms with E-state index in [9.17, 15) is 4.39 Å². The predicted molar refractivity (Wildman–Crippen MR) is 80.2 cm³/mol. The van der Waals surface area contributed by atoms with Crippen molar-refractivity contribution in [2.45, 2.75) is 13.0 Å². The van der Waals surface area contributed by atoms with Gasteiger partial charge in [0.15, 0.2) is 4.77 Å². The van der Waals surface area contributed by atoms with Crippen molar-refractivity contribution in [2.24, 2.45) is 0 Å². The molecular weight excluding hydrogens is 303 g/mol. The lowest BCUT2D eigenvalue weighted by molar-refractivity contribution is 0.629. The van der Waals surface area contributed by atoms with Crippen LogP contribution in [-0.2, 0) is 0 Å². The van der Waals surface area contributed by atoms with E-state index in [2.05, 4.69) is 18.0 Å². The second-order valence-electron chi connectivity index (χ2n) is 4.28. The summed E-state index contributed by atoms with van der Waals surface area (Å²) in [7, 11) is 0. The van der Waals surface area contributed by atoms with Gasteiger partial charge in [-0.2, -0.15) is 0 Å². The highest BCUT2D eigenvalue weighted by atomic mass is 35.5. The maximum absolute atomic E-state index is 13.5. The smallest absolute Gasteiger partial charge is 0.178 e. The number of hydrogen-bond acceptors (Lipinski definition) is 2. The minimum atomic E-state index is -0.443. The lowest BCUT2D eigenvalue weighted by atomic mass is 10.2. The first-order valence-electron chi connectivity index (χ1n) is 5.70. The van der Waals surface area contributed by atoms with Crippen molar-refractivity contribution in [3.05, 3.63) is 50.1 Å². The molecule has 2 nitrogen and oxygen atoms in total. The lowest BCUT2D eigenvalue weighted by Crippen LogP contribution is -2.05. The average molecular weight is 313 g/mol. The van der Waals surface area contributed by atoms with Gasteiger partial charge in [0.25, 0.3) is 0 Å². The first-order chi connectivity index (χ1) is 9.08. The van der Waals surface area contributed by atoms with Gasteiger partial charge in [-0.3, -0.25) is 0 Å². The summed E-state index contributed by atoms with van der Waals surface area (Å²) < 4.78 is 16.0. The monoisotopic (exact) mass is 312 g/mol. The second kappa shape index (κ2) is 4.74. The number of fused-ring (bicyclic) bond motifs is 1.